The number of anilines is 2. The predicted octanol–water partition coefficient (Wildman–Crippen LogP) is 3.28. The number of fused-ring (bicyclic) bond motifs is 2. The second-order valence-corrected chi connectivity index (χ2v) is 8.66. The number of pyridine rings is 1. The van der Waals surface area contributed by atoms with Crippen LogP contribution in [0, 0.1) is 0 Å². The van der Waals surface area contributed by atoms with Crippen LogP contribution < -0.4 is 26.0 Å². The van der Waals surface area contributed by atoms with Gasteiger partial charge in [-0.05, 0) is 73.1 Å². The van der Waals surface area contributed by atoms with Crippen LogP contribution in [0.5, 0.6) is 5.75 Å². The number of amides is 1. The lowest BCUT2D eigenvalue weighted by Gasteiger charge is -2.19. The first-order valence-corrected chi connectivity index (χ1v) is 11.6. The number of carbonyl (C=O) groups is 1. The lowest BCUT2D eigenvalue weighted by Crippen LogP contribution is -2.36. The van der Waals surface area contributed by atoms with E-state index in [-0.39, 0.29) is 11.9 Å². The van der Waals surface area contributed by atoms with E-state index in [9.17, 15) is 4.79 Å². The lowest BCUT2D eigenvalue weighted by molar-refractivity contribution is 0.0940. The summed E-state index contributed by atoms with van der Waals surface area (Å²) >= 11 is 0. The van der Waals surface area contributed by atoms with E-state index >= 15 is 0 Å². The highest BCUT2D eigenvalue weighted by atomic mass is 16.5. The summed E-state index contributed by atoms with van der Waals surface area (Å²) in [6, 6.07) is 18.1. The molecule has 1 amide bonds. The quantitative estimate of drug-likeness (QED) is 0.370. The van der Waals surface area contributed by atoms with Gasteiger partial charge in [0.2, 0.25) is 0 Å². The van der Waals surface area contributed by atoms with Gasteiger partial charge < -0.3 is 20.7 Å². The van der Waals surface area contributed by atoms with Gasteiger partial charge in [0.15, 0.2) is 5.65 Å². The molecule has 8 nitrogen and oxygen atoms in total. The van der Waals surface area contributed by atoms with Crippen LogP contribution in [0.1, 0.15) is 22.3 Å². The molecule has 2 aliphatic heterocycles. The van der Waals surface area contributed by atoms with Crippen molar-refractivity contribution in [2.75, 3.05) is 25.1 Å². The molecule has 0 aliphatic carbocycles. The molecule has 0 spiro atoms. The zero-order chi connectivity index (χ0) is 22.9. The van der Waals surface area contributed by atoms with Gasteiger partial charge in [-0.25, -0.2) is 4.98 Å². The molecule has 1 atom stereocenters. The lowest BCUT2D eigenvalue weighted by atomic mass is 10.1. The number of aromatic nitrogens is 2. The maximum Gasteiger partial charge on any atom is 0.251 e. The predicted molar refractivity (Wildman–Crippen MR) is 131 cm³/mol. The molecular formula is C26H26N6O2. The van der Waals surface area contributed by atoms with Gasteiger partial charge in [0.25, 0.3) is 5.91 Å². The van der Waals surface area contributed by atoms with Gasteiger partial charge in [-0.3, -0.25) is 14.5 Å². The van der Waals surface area contributed by atoms with E-state index in [1.165, 1.54) is 0 Å². The fraction of sp³-hybridized carbons (Fsp3) is 0.231. The van der Waals surface area contributed by atoms with E-state index in [1.54, 1.807) is 6.20 Å². The molecule has 2 aromatic carbocycles. The minimum absolute atomic E-state index is 0.0362. The molecule has 1 unspecified atom stereocenters. The number of imidazole rings is 1. The summed E-state index contributed by atoms with van der Waals surface area (Å²) in [4.78, 5) is 17.1. The summed E-state index contributed by atoms with van der Waals surface area (Å²) in [7, 11) is 0. The molecule has 34 heavy (non-hydrogen) atoms. The van der Waals surface area contributed by atoms with Gasteiger partial charge in [0.05, 0.1) is 11.4 Å². The van der Waals surface area contributed by atoms with Crippen molar-refractivity contribution >= 4 is 22.9 Å². The van der Waals surface area contributed by atoms with Crippen LogP contribution in [0.3, 0.4) is 0 Å². The monoisotopic (exact) mass is 454 g/mol. The van der Waals surface area contributed by atoms with E-state index in [2.05, 4.69) is 48.9 Å². The number of hydrogen-bond donors (Lipinski definition) is 4. The molecule has 4 N–H and O–H groups in total. The first-order chi connectivity index (χ1) is 16.7. The normalized spacial score (nSPS) is 17.2. The molecular weight excluding hydrogens is 428 g/mol. The maximum atomic E-state index is 12.5. The van der Waals surface area contributed by atoms with Gasteiger partial charge >= 0.3 is 0 Å². The Balaban J connectivity index is 1.23. The van der Waals surface area contributed by atoms with Crippen molar-refractivity contribution in [2.45, 2.75) is 19.0 Å². The first kappa shape index (κ1) is 20.7. The molecule has 0 saturated carbocycles. The average molecular weight is 455 g/mol. The van der Waals surface area contributed by atoms with Crippen molar-refractivity contribution in [1.29, 1.82) is 0 Å². The van der Waals surface area contributed by atoms with Crippen LogP contribution in [0.15, 0.2) is 67.0 Å². The number of carbonyl (C=O) groups excluding carboxylic acids is 1. The van der Waals surface area contributed by atoms with Crippen LogP contribution >= 0.6 is 0 Å². The van der Waals surface area contributed by atoms with Gasteiger partial charge in [-0.2, -0.15) is 0 Å². The number of hydrogen-bond acceptors (Lipinski definition) is 6. The second kappa shape index (κ2) is 8.81. The van der Waals surface area contributed by atoms with Crippen LogP contribution in [-0.2, 0) is 6.54 Å². The molecule has 6 rings (SSSR count). The second-order valence-electron chi connectivity index (χ2n) is 8.66. The maximum absolute atomic E-state index is 12.5. The summed E-state index contributed by atoms with van der Waals surface area (Å²) in [6.07, 6.45) is 4.74. The SMILES string of the molecule is O=C(NC1CCNC1)c1ccc(Nc2ccc(-c3ccc4c(c3)CNCO4)n3ccnc23)cc1. The fourth-order valence-corrected chi connectivity index (χ4v) is 4.59. The van der Waals surface area contributed by atoms with Gasteiger partial charge in [0.1, 0.15) is 12.5 Å². The fourth-order valence-electron chi connectivity index (χ4n) is 4.59. The van der Waals surface area contributed by atoms with Crippen molar-refractivity contribution in [3.05, 3.63) is 78.1 Å². The standard InChI is InChI=1S/C26H26N6O2/c33-26(31-21-9-10-27-15-21)17-1-4-20(5-2-17)30-22-6-7-23(32-12-11-29-25(22)32)18-3-8-24-19(13-18)14-28-16-34-24/h1-8,11-13,21,27-28,30H,9-10,14-16H2,(H,31,33). The molecule has 1 fully saturated rings. The Morgan fingerprint density at radius 1 is 1.09 bits per heavy atom. The molecule has 172 valence electrons. The van der Waals surface area contributed by atoms with Gasteiger partial charge in [-0.15, -0.1) is 0 Å². The molecule has 2 aromatic heterocycles. The Labute approximate surface area is 197 Å². The number of nitrogens with zero attached hydrogens (tertiary/aromatic N) is 2. The third kappa shape index (κ3) is 3.98. The summed E-state index contributed by atoms with van der Waals surface area (Å²) in [5, 5.41) is 13.0. The Kier molecular flexibility index (Phi) is 5.37. The van der Waals surface area contributed by atoms with Crippen molar-refractivity contribution in [3.8, 4) is 17.0 Å². The number of benzene rings is 2. The van der Waals surface area contributed by atoms with Crippen molar-refractivity contribution in [3.63, 3.8) is 0 Å². The molecule has 0 bridgehead atoms. The zero-order valence-electron chi connectivity index (χ0n) is 18.7. The minimum Gasteiger partial charge on any atom is -0.478 e. The van der Waals surface area contributed by atoms with E-state index in [1.807, 2.05) is 42.6 Å². The van der Waals surface area contributed by atoms with E-state index in [0.29, 0.717) is 12.3 Å². The summed E-state index contributed by atoms with van der Waals surface area (Å²) < 4.78 is 7.74. The molecule has 1 saturated heterocycles. The largest absolute Gasteiger partial charge is 0.478 e. The topological polar surface area (TPSA) is 91.7 Å². The zero-order valence-corrected chi connectivity index (χ0v) is 18.7. The van der Waals surface area contributed by atoms with Crippen molar-refractivity contribution < 1.29 is 9.53 Å². The van der Waals surface area contributed by atoms with E-state index in [4.69, 9.17) is 4.74 Å². The highest BCUT2D eigenvalue weighted by Crippen LogP contribution is 2.31. The average Bonchev–Trinajstić information content (AvgIpc) is 3.57. The Bertz CT molecular complexity index is 1340. The Hall–Kier alpha value is -3.88. The highest BCUT2D eigenvalue weighted by Gasteiger charge is 2.18. The summed E-state index contributed by atoms with van der Waals surface area (Å²) in [5.74, 6) is 0.894. The molecule has 2 aliphatic rings. The number of rotatable bonds is 5. The molecule has 8 heteroatoms. The van der Waals surface area contributed by atoms with Crippen LogP contribution in [-0.4, -0.2) is 41.2 Å². The third-order valence-corrected chi connectivity index (χ3v) is 6.37. The van der Waals surface area contributed by atoms with E-state index in [0.717, 1.165) is 65.6 Å². The highest BCUT2D eigenvalue weighted by molar-refractivity contribution is 5.95. The summed E-state index contributed by atoms with van der Waals surface area (Å²) in [6.45, 7) is 3.12. The number of ether oxygens (including phenoxy) is 1. The van der Waals surface area contributed by atoms with Crippen LogP contribution in [0.4, 0.5) is 11.4 Å². The van der Waals surface area contributed by atoms with Crippen molar-refractivity contribution in [1.82, 2.24) is 25.3 Å². The third-order valence-electron chi connectivity index (χ3n) is 6.37. The summed E-state index contributed by atoms with van der Waals surface area (Å²) in [5.41, 5.74) is 6.59. The molecule has 4 aromatic rings. The van der Waals surface area contributed by atoms with Crippen LogP contribution in [0.25, 0.3) is 16.9 Å². The Morgan fingerprint density at radius 3 is 2.85 bits per heavy atom. The smallest absolute Gasteiger partial charge is 0.251 e. The van der Waals surface area contributed by atoms with Gasteiger partial charge in [-0.1, -0.05) is 0 Å². The Morgan fingerprint density at radius 2 is 2.00 bits per heavy atom. The number of nitrogens with one attached hydrogen (secondary N) is 4. The van der Waals surface area contributed by atoms with E-state index < -0.39 is 0 Å². The molecule has 0 radical (unpaired) electrons. The van der Waals surface area contributed by atoms with Crippen LogP contribution in [0.2, 0.25) is 0 Å². The molecule has 4 heterocycles. The first-order valence-electron chi connectivity index (χ1n) is 11.6. The van der Waals surface area contributed by atoms with Gasteiger partial charge in [0, 0.05) is 48.3 Å². The minimum atomic E-state index is -0.0362. The van der Waals surface area contributed by atoms with Crippen molar-refractivity contribution in [2.24, 2.45) is 0 Å².